The van der Waals surface area contributed by atoms with Gasteiger partial charge in [0.25, 0.3) is 0 Å². The second-order valence-electron chi connectivity index (χ2n) is 5.72. The third-order valence-corrected chi connectivity index (χ3v) is 4.74. The quantitative estimate of drug-likeness (QED) is 0.591. The van der Waals surface area contributed by atoms with Crippen LogP contribution in [-0.4, -0.2) is 37.0 Å². The fourth-order valence-electron chi connectivity index (χ4n) is 2.34. The molecule has 0 unspecified atom stereocenters. The van der Waals surface area contributed by atoms with Gasteiger partial charge in [0, 0.05) is 37.9 Å². The van der Waals surface area contributed by atoms with Crippen LogP contribution in [-0.2, 0) is 24.8 Å². The lowest BCUT2D eigenvalue weighted by atomic mass is 10.3. The zero-order valence-electron chi connectivity index (χ0n) is 13.2. The highest BCUT2D eigenvalue weighted by Crippen LogP contribution is 2.21. The normalized spacial score (nSPS) is 14.0. The Balaban J connectivity index is 1.68. The number of thioether (sulfide) groups is 1. The maximum atomic E-state index is 11.8. The van der Waals surface area contributed by atoms with Crippen LogP contribution in [0.25, 0.3) is 0 Å². The third-order valence-electron chi connectivity index (χ3n) is 3.77. The molecule has 23 heavy (non-hydrogen) atoms. The molecule has 2 aromatic rings. The van der Waals surface area contributed by atoms with Crippen molar-refractivity contribution in [2.45, 2.75) is 37.0 Å². The van der Waals surface area contributed by atoms with E-state index >= 15 is 0 Å². The minimum absolute atomic E-state index is 0.0645. The van der Waals surface area contributed by atoms with Gasteiger partial charge in [-0.15, -0.1) is 16.8 Å². The van der Waals surface area contributed by atoms with Crippen LogP contribution in [0.1, 0.15) is 24.4 Å². The summed E-state index contributed by atoms with van der Waals surface area (Å²) in [7, 11) is 2.02. The summed E-state index contributed by atoms with van der Waals surface area (Å²) in [6.45, 7) is 4.44. The van der Waals surface area contributed by atoms with Crippen LogP contribution < -0.4 is 5.32 Å². The zero-order chi connectivity index (χ0) is 16.2. The smallest absolute Gasteiger partial charge is 0.230 e. The molecule has 1 amide bonds. The number of hydrogen-bond donors (Lipinski definition) is 1. The van der Waals surface area contributed by atoms with Gasteiger partial charge in [-0.25, -0.2) is 0 Å². The molecule has 1 N–H and O–H groups in total. The molecular weight excluding hydrogens is 310 g/mol. The van der Waals surface area contributed by atoms with E-state index in [0.717, 1.165) is 23.8 Å². The SMILES string of the molecule is C=CCn1c(Cc2cccn2C)nnc1SCC(=O)NC1CC1. The Labute approximate surface area is 140 Å². The fraction of sp³-hybridized carbons (Fsp3) is 0.438. The summed E-state index contributed by atoms with van der Waals surface area (Å²) >= 11 is 1.43. The van der Waals surface area contributed by atoms with Gasteiger partial charge in [-0.1, -0.05) is 17.8 Å². The Morgan fingerprint density at radius 1 is 1.52 bits per heavy atom. The number of rotatable bonds is 8. The number of hydrogen-bond acceptors (Lipinski definition) is 4. The lowest BCUT2D eigenvalue weighted by molar-refractivity contribution is -0.118. The molecule has 0 radical (unpaired) electrons. The lowest BCUT2D eigenvalue weighted by Gasteiger charge is -2.08. The first-order chi connectivity index (χ1) is 11.2. The van der Waals surface area contributed by atoms with Crippen molar-refractivity contribution in [2.75, 3.05) is 5.75 Å². The summed E-state index contributed by atoms with van der Waals surface area (Å²) in [6.07, 6.45) is 6.75. The largest absolute Gasteiger partial charge is 0.354 e. The standard InChI is InChI=1S/C16H21N5OS/c1-3-8-21-14(10-13-5-4-9-20(13)2)18-19-16(21)23-11-15(22)17-12-6-7-12/h3-5,9,12H,1,6-8,10-11H2,2H3,(H,17,22). The lowest BCUT2D eigenvalue weighted by Crippen LogP contribution is -2.27. The van der Waals surface area contributed by atoms with Crippen LogP contribution in [0.15, 0.2) is 36.1 Å². The maximum absolute atomic E-state index is 11.8. The molecule has 0 atom stereocenters. The van der Waals surface area contributed by atoms with Crippen LogP contribution in [0.3, 0.4) is 0 Å². The Morgan fingerprint density at radius 2 is 2.35 bits per heavy atom. The van der Waals surface area contributed by atoms with Crippen molar-refractivity contribution in [3.05, 3.63) is 42.5 Å². The number of carbonyl (C=O) groups is 1. The first-order valence-corrected chi connectivity index (χ1v) is 8.71. The molecule has 3 rings (SSSR count). The molecule has 1 saturated carbocycles. The molecule has 2 heterocycles. The summed E-state index contributed by atoms with van der Waals surface area (Å²) in [5.74, 6) is 1.32. The van der Waals surface area contributed by atoms with Gasteiger partial charge in [0.2, 0.25) is 5.91 Å². The average molecular weight is 331 g/mol. The summed E-state index contributed by atoms with van der Waals surface area (Å²) in [6, 6.07) is 4.48. The van der Waals surface area contributed by atoms with E-state index in [1.807, 2.05) is 30.0 Å². The fourth-order valence-corrected chi connectivity index (χ4v) is 3.12. The van der Waals surface area contributed by atoms with Crippen molar-refractivity contribution >= 4 is 17.7 Å². The summed E-state index contributed by atoms with van der Waals surface area (Å²) in [5.41, 5.74) is 1.17. The first-order valence-electron chi connectivity index (χ1n) is 7.72. The minimum Gasteiger partial charge on any atom is -0.354 e. The van der Waals surface area contributed by atoms with E-state index < -0.39 is 0 Å². The predicted octanol–water partition coefficient (Wildman–Crippen LogP) is 1.76. The van der Waals surface area contributed by atoms with Crippen LogP contribution in [0.4, 0.5) is 0 Å². The summed E-state index contributed by atoms with van der Waals surface area (Å²) < 4.78 is 4.10. The van der Waals surface area contributed by atoms with Gasteiger partial charge in [0.1, 0.15) is 5.82 Å². The first kappa shape index (κ1) is 15.9. The molecule has 1 aliphatic rings. The van der Waals surface area contributed by atoms with Crippen molar-refractivity contribution in [2.24, 2.45) is 7.05 Å². The summed E-state index contributed by atoms with van der Waals surface area (Å²) in [5, 5.41) is 12.3. The second-order valence-corrected chi connectivity index (χ2v) is 6.66. The second kappa shape index (κ2) is 7.04. The van der Waals surface area contributed by atoms with Gasteiger partial charge in [-0.05, 0) is 25.0 Å². The van der Waals surface area contributed by atoms with Crippen LogP contribution in [0.5, 0.6) is 0 Å². The van der Waals surface area contributed by atoms with Crippen molar-refractivity contribution in [1.82, 2.24) is 24.6 Å². The molecular formula is C16H21N5OS. The monoisotopic (exact) mass is 331 g/mol. The molecule has 0 aliphatic heterocycles. The number of amides is 1. The van der Waals surface area contributed by atoms with E-state index in [2.05, 4.69) is 32.7 Å². The Bertz CT molecular complexity index is 701. The molecule has 0 saturated heterocycles. The average Bonchev–Trinajstić information content (AvgIpc) is 3.13. The van der Waals surface area contributed by atoms with Gasteiger partial charge < -0.3 is 14.5 Å². The van der Waals surface area contributed by atoms with E-state index in [1.54, 1.807) is 0 Å². The number of nitrogens with one attached hydrogen (secondary N) is 1. The molecule has 122 valence electrons. The van der Waals surface area contributed by atoms with Gasteiger partial charge in [-0.2, -0.15) is 0 Å². The number of nitrogens with zero attached hydrogens (tertiary/aromatic N) is 4. The molecule has 0 aromatic carbocycles. The van der Waals surface area contributed by atoms with Crippen LogP contribution in [0, 0.1) is 0 Å². The number of aromatic nitrogens is 4. The highest BCUT2D eigenvalue weighted by Gasteiger charge is 2.23. The molecule has 7 heteroatoms. The van der Waals surface area contributed by atoms with Crippen molar-refractivity contribution < 1.29 is 4.79 Å². The minimum atomic E-state index is 0.0645. The molecule has 0 spiro atoms. The van der Waals surface area contributed by atoms with Gasteiger partial charge >= 0.3 is 0 Å². The Morgan fingerprint density at radius 3 is 3.00 bits per heavy atom. The van der Waals surface area contributed by atoms with E-state index in [9.17, 15) is 4.79 Å². The maximum Gasteiger partial charge on any atom is 0.230 e. The van der Waals surface area contributed by atoms with Gasteiger partial charge in [0.05, 0.1) is 5.75 Å². The Hall–Kier alpha value is -2.02. The molecule has 6 nitrogen and oxygen atoms in total. The number of aryl methyl sites for hydroxylation is 1. The highest BCUT2D eigenvalue weighted by molar-refractivity contribution is 7.99. The van der Waals surface area contributed by atoms with E-state index in [1.165, 1.54) is 17.5 Å². The van der Waals surface area contributed by atoms with E-state index in [4.69, 9.17) is 0 Å². The van der Waals surface area contributed by atoms with Crippen molar-refractivity contribution in [3.8, 4) is 0 Å². The Kier molecular flexibility index (Phi) is 4.85. The number of carbonyl (C=O) groups excluding carboxylic acids is 1. The zero-order valence-corrected chi connectivity index (χ0v) is 14.1. The molecule has 1 fully saturated rings. The van der Waals surface area contributed by atoms with Crippen molar-refractivity contribution in [1.29, 1.82) is 0 Å². The number of allylic oxidation sites excluding steroid dienone is 1. The predicted molar refractivity (Wildman–Crippen MR) is 90.3 cm³/mol. The third kappa shape index (κ3) is 4.04. The topological polar surface area (TPSA) is 64.7 Å². The molecule has 2 aromatic heterocycles. The van der Waals surface area contributed by atoms with E-state index in [0.29, 0.717) is 24.8 Å². The van der Waals surface area contributed by atoms with E-state index in [-0.39, 0.29) is 5.91 Å². The van der Waals surface area contributed by atoms with Gasteiger partial charge in [-0.3, -0.25) is 4.79 Å². The summed E-state index contributed by atoms with van der Waals surface area (Å²) in [4.78, 5) is 11.8. The highest BCUT2D eigenvalue weighted by atomic mass is 32.2. The molecule has 0 bridgehead atoms. The van der Waals surface area contributed by atoms with Crippen molar-refractivity contribution in [3.63, 3.8) is 0 Å². The molecule has 1 aliphatic carbocycles. The van der Waals surface area contributed by atoms with Crippen LogP contribution in [0.2, 0.25) is 0 Å². The van der Waals surface area contributed by atoms with Gasteiger partial charge in [0.15, 0.2) is 5.16 Å². The van der Waals surface area contributed by atoms with Crippen LogP contribution >= 0.6 is 11.8 Å².